The van der Waals surface area contributed by atoms with Crippen LogP contribution in [-0.4, -0.2) is 27.6 Å². The highest BCUT2D eigenvalue weighted by atomic mass is 16.5. The van der Waals surface area contributed by atoms with Crippen molar-refractivity contribution in [2.45, 2.75) is 32.1 Å². The van der Waals surface area contributed by atoms with Crippen LogP contribution in [0.1, 0.15) is 30.1 Å². The number of anilines is 1. The maximum atomic E-state index is 12.3. The lowest BCUT2D eigenvalue weighted by Crippen LogP contribution is -2.37. The molecule has 1 aromatic carbocycles. The Bertz CT molecular complexity index is 985. The molecule has 0 atom stereocenters. The Labute approximate surface area is 143 Å². The third-order valence-electron chi connectivity index (χ3n) is 5.07. The van der Waals surface area contributed by atoms with Gasteiger partial charge in [0.15, 0.2) is 5.58 Å². The van der Waals surface area contributed by atoms with Crippen LogP contribution >= 0.6 is 0 Å². The van der Waals surface area contributed by atoms with E-state index in [0.29, 0.717) is 18.8 Å². The Hall–Kier alpha value is -2.67. The minimum atomic E-state index is -0.273. The van der Waals surface area contributed by atoms with Crippen LogP contribution in [0, 0.1) is 0 Å². The lowest BCUT2D eigenvalue weighted by molar-refractivity contribution is 0.133. The van der Waals surface area contributed by atoms with E-state index in [1.807, 2.05) is 30.5 Å². The van der Waals surface area contributed by atoms with Gasteiger partial charge in [0, 0.05) is 30.9 Å². The fraction of sp³-hybridized carbons (Fsp3) is 0.389. The molecule has 2 aliphatic rings. The zero-order valence-corrected chi connectivity index (χ0v) is 13.7. The molecule has 0 radical (unpaired) electrons. The molecule has 0 bridgehead atoms. The number of piperidine rings is 1. The second kappa shape index (κ2) is 5.70. The highest BCUT2D eigenvalue weighted by Gasteiger charge is 2.26. The van der Waals surface area contributed by atoms with Crippen LogP contribution < -0.4 is 10.7 Å². The fourth-order valence-corrected chi connectivity index (χ4v) is 3.74. The number of fused-ring (bicyclic) bond motifs is 2. The van der Waals surface area contributed by atoms with Crippen molar-refractivity contribution in [1.29, 1.82) is 0 Å². The van der Waals surface area contributed by atoms with E-state index >= 15 is 0 Å². The number of nitrogens with zero attached hydrogens (tertiary/aromatic N) is 4. The third kappa shape index (κ3) is 2.42. The summed E-state index contributed by atoms with van der Waals surface area (Å²) in [5, 5.41) is 0. The van der Waals surface area contributed by atoms with Crippen LogP contribution in [0.25, 0.3) is 11.1 Å². The summed E-state index contributed by atoms with van der Waals surface area (Å²) in [6, 6.07) is 7.74. The molecule has 4 heterocycles. The zero-order valence-electron chi connectivity index (χ0n) is 13.7. The van der Waals surface area contributed by atoms with E-state index in [0.717, 1.165) is 48.7 Å². The van der Waals surface area contributed by atoms with Crippen LogP contribution in [0.2, 0.25) is 0 Å². The number of rotatable bonds is 2. The van der Waals surface area contributed by atoms with Crippen molar-refractivity contribution in [2.75, 3.05) is 18.0 Å². The number of hydrogen-bond donors (Lipinski definition) is 0. The molecule has 0 N–H and O–H groups in total. The first-order valence-corrected chi connectivity index (χ1v) is 8.57. The average molecular weight is 338 g/mol. The summed E-state index contributed by atoms with van der Waals surface area (Å²) < 4.78 is 12.6. The smallest absolute Gasteiger partial charge is 0.408 e. The first-order chi connectivity index (χ1) is 12.3. The van der Waals surface area contributed by atoms with Crippen molar-refractivity contribution in [3.8, 4) is 0 Å². The summed E-state index contributed by atoms with van der Waals surface area (Å²) in [7, 11) is 0. The monoisotopic (exact) mass is 338 g/mol. The zero-order chi connectivity index (χ0) is 16.8. The summed E-state index contributed by atoms with van der Waals surface area (Å²) in [6.07, 6.45) is 3.59. The highest BCUT2D eigenvalue weighted by molar-refractivity contribution is 5.72. The second-order valence-electron chi connectivity index (χ2n) is 6.56. The molecule has 7 heteroatoms. The predicted octanol–water partition coefficient (Wildman–Crippen LogP) is 2.26. The van der Waals surface area contributed by atoms with E-state index in [9.17, 15) is 4.79 Å². The molecule has 0 unspecified atom stereocenters. The highest BCUT2D eigenvalue weighted by Crippen LogP contribution is 2.28. The minimum absolute atomic E-state index is 0.144. The van der Waals surface area contributed by atoms with E-state index in [1.165, 1.54) is 0 Å². The molecule has 0 saturated carbocycles. The van der Waals surface area contributed by atoms with Crippen molar-refractivity contribution in [3.63, 3.8) is 0 Å². The van der Waals surface area contributed by atoms with Crippen LogP contribution in [0.5, 0.6) is 0 Å². The van der Waals surface area contributed by atoms with Gasteiger partial charge in [-0.1, -0.05) is 12.1 Å². The Morgan fingerprint density at radius 1 is 1.12 bits per heavy atom. The van der Waals surface area contributed by atoms with Crippen LogP contribution in [0.15, 0.2) is 39.7 Å². The van der Waals surface area contributed by atoms with Crippen molar-refractivity contribution >= 4 is 17.0 Å². The van der Waals surface area contributed by atoms with Gasteiger partial charge < -0.3 is 14.1 Å². The maximum Gasteiger partial charge on any atom is 0.420 e. The van der Waals surface area contributed by atoms with Gasteiger partial charge in [0.25, 0.3) is 0 Å². The minimum Gasteiger partial charge on any atom is -0.408 e. The molecule has 7 nitrogen and oxygen atoms in total. The third-order valence-corrected chi connectivity index (χ3v) is 5.07. The summed E-state index contributed by atoms with van der Waals surface area (Å²) in [5.41, 5.74) is 3.59. The number of hydrogen-bond acceptors (Lipinski definition) is 6. The number of ether oxygens (including phenoxy) is 1. The van der Waals surface area contributed by atoms with Gasteiger partial charge in [0.05, 0.1) is 24.4 Å². The maximum absolute atomic E-state index is 12.3. The lowest BCUT2D eigenvalue weighted by Gasteiger charge is -2.32. The number of oxazole rings is 1. The standard InChI is InChI=1S/C18H18N4O3/c23-18-22(15-3-1-2-4-16(15)25-18)13-5-7-21(8-6-13)17-19-9-12-10-24-11-14(12)20-17/h1-4,9,13H,5-8,10-11H2. The van der Waals surface area contributed by atoms with Crippen LogP contribution in [0.3, 0.4) is 0 Å². The molecule has 25 heavy (non-hydrogen) atoms. The molecule has 3 aromatic rings. The predicted molar refractivity (Wildman–Crippen MR) is 91.5 cm³/mol. The number of aromatic nitrogens is 3. The van der Waals surface area contributed by atoms with Gasteiger partial charge in [-0.15, -0.1) is 0 Å². The molecule has 2 aliphatic heterocycles. The first-order valence-electron chi connectivity index (χ1n) is 8.57. The number of para-hydroxylation sites is 2. The normalized spacial score (nSPS) is 18.0. The molecule has 1 fully saturated rings. The van der Waals surface area contributed by atoms with E-state index < -0.39 is 0 Å². The Balaban J connectivity index is 1.37. The molecular formula is C18H18N4O3. The molecule has 2 aromatic heterocycles. The van der Waals surface area contributed by atoms with Crippen molar-refractivity contribution in [2.24, 2.45) is 0 Å². The van der Waals surface area contributed by atoms with E-state index in [1.54, 1.807) is 4.57 Å². The van der Waals surface area contributed by atoms with Gasteiger partial charge in [-0.2, -0.15) is 0 Å². The van der Waals surface area contributed by atoms with Gasteiger partial charge in [-0.3, -0.25) is 4.57 Å². The summed E-state index contributed by atoms with van der Waals surface area (Å²) in [5.74, 6) is 0.484. The second-order valence-corrected chi connectivity index (χ2v) is 6.56. The molecule has 1 saturated heterocycles. The number of benzene rings is 1. The van der Waals surface area contributed by atoms with E-state index in [4.69, 9.17) is 9.15 Å². The summed E-state index contributed by atoms with van der Waals surface area (Å²) >= 11 is 0. The summed E-state index contributed by atoms with van der Waals surface area (Å²) in [4.78, 5) is 23.6. The largest absolute Gasteiger partial charge is 0.420 e. The first kappa shape index (κ1) is 14.7. The average Bonchev–Trinajstić information content (AvgIpc) is 3.24. The summed E-state index contributed by atoms with van der Waals surface area (Å²) in [6.45, 7) is 2.80. The van der Waals surface area contributed by atoms with Crippen LogP contribution in [-0.2, 0) is 18.0 Å². The van der Waals surface area contributed by atoms with Crippen LogP contribution in [0.4, 0.5) is 5.95 Å². The van der Waals surface area contributed by atoms with Gasteiger partial charge in [-0.25, -0.2) is 14.8 Å². The Morgan fingerprint density at radius 2 is 1.96 bits per heavy atom. The quantitative estimate of drug-likeness (QED) is 0.713. The molecule has 0 amide bonds. The molecule has 0 aliphatic carbocycles. The molecule has 128 valence electrons. The van der Waals surface area contributed by atoms with Crippen molar-refractivity contribution in [3.05, 3.63) is 52.3 Å². The van der Waals surface area contributed by atoms with E-state index in [2.05, 4.69) is 14.9 Å². The fourth-order valence-electron chi connectivity index (χ4n) is 3.74. The SMILES string of the molecule is O=c1oc2ccccc2n1C1CCN(c2ncc3c(n2)COC3)CC1. The van der Waals surface area contributed by atoms with Crippen molar-refractivity contribution in [1.82, 2.24) is 14.5 Å². The topological polar surface area (TPSA) is 73.4 Å². The Morgan fingerprint density at radius 3 is 2.84 bits per heavy atom. The van der Waals surface area contributed by atoms with Crippen molar-refractivity contribution < 1.29 is 9.15 Å². The molecule has 0 spiro atoms. The lowest BCUT2D eigenvalue weighted by atomic mass is 10.0. The molecule has 5 rings (SSSR count). The van der Waals surface area contributed by atoms with E-state index in [-0.39, 0.29) is 11.8 Å². The van der Waals surface area contributed by atoms with Gasteiger partial charge in [-0.05, 0) is 25.0 Å². The Kier molecular flexibility index (Phi) is 3.34. The van der Waals surface area contributed by atoms with Gasteiger partial charge >= 0.3 is 5.76 Å². The molecular weight excluding hydrogens is 320 g/mol. The van der Waals surface area contributed by atoms with Gasteiger partial charge in [0.2, 0.25) is 5.95 Å². The van der Waals surface area contributed by atoms with Gasteiger partial charge in [0.1, 0.15) is 0 Å².